The van der Waals surface area contributed by atoms with Gasteiger partial charge in [-0.1, -0.05) is 23.2 Å². The van der Waals surface area contributed by atoms with E-state index in [1.807, 2.05) is 0 Å². The van der Waals surface area contributed by atoms with Crippen molar-refractivity contribution >= 4 is 29.0 Å². The first-order chi connectivity index (χ1) is 7.65. The highest BCUT2D eigenvalue weighted by atomic mass is 35.5. The molecule has 0 radical (unpaired) electrons. The third-order valence-corrected chi connectivity index (χ3v) is 2.78. The quantitative estimate of drug-likeness (QED) is 0.610. The van der Waals surface area contributed by atoms with E-state index in [0.29, 0.717) is 28.6 Å². The summed E-state index contributed by atoms with van der Waals surface area (Å²) < 4.78 is 0. The van der Waals surface area contributed by atoms with Gasteiger partial charge in [-0.25, -0.2) is 0 Å². The summed E-state index contributed by atoms with van der Waals surface area (Å²) in [5, 5.41) is 12.3. The lowest BCUT2D eigenvalue weighted by molar-refractivity contribution is 0.0990. The van der Waals surface area contributed by atoms with Gasteiger partial charge in [-0.3, -0.25) is 4.79 Å². The third-order valence-electron chi connectivity index (χ3n) is 2.04. The number of rotatable bonds is 6. The van der Waals surface area contributed by atoms with Gasteiger partial charge in [0.15, 0.2) is 5.78 Å². The van der Waals surface area contributed by atoms with Crippen LogP contribution in [0.3, 0.4) is 0 Å². The molecule has 2 N–H and O–H groups in total. The molecule has 3 nitrogen and oxygen atoms in total. The summed E-state index contributed by atoms with van der Waals surface area (Å²) in [4.78, 5) is 11.6. The van der Waals surface area contributed by atoms with Crippen LogP contribution in [0.5, 0.6) is 0 Å². The van der Waals surface area contributed by atoms with Crippen molar-refractivity contribution in [3.8, 4) is 0 Å². The van der Waals surface area contributed by atoms with Crippen molar-refractivity contribution in [2.24, 2.45) is 0 Å². The SMILES string of the molecule is O=C(CNCCCO)c1ccc(Cl)c(Cl)c1. The van der Waals surface area contributed by atoms with Gasteiger partial charge in [0.25, 0.3) is 0 Å². The van der Waals surface area contributed by atoms with E-state index >= 15 is 0 Å². The number of halogens is 2. The lowest BCUT2D eigenvalue weighted by Gasteiger charge is -2.04. The molecule has 1 aromatic rings. The van der Waals surface area contributed by atoms with Gasteiger partial charge in [0.05, 0.1) is 16.6 Å². The number of aliphatic hydroxyl groups excluding tert-OH is 1. The van der Waals surface area contributed by atoms with E-state index in [-0.39, 0.29) is 18.9 Å². The molecule has 0 aliphatic heterocycles. The summed E-state index contributed by atoms with van der Waals surface area (Å²) in [5.41, 5.74) is 0.533. The zero-order chi connectivity index (χ0) is 12.0. The van der Waals surface area contributed by atoms with Gasteiger partial charge in [0, 0.05) is 12.2 Å². The molecule has 1 rings (SSSR count). The van der Waals surface area contributed by atoms with Crippen LogP contribution in [0.2, 0.25) is 10.0 Å². The van der Waals surface area contributed by atoms with Gasteiger partial charge in [0.1, 0.15) is 0 Å². The van der Waals surface area contributed by atoms with Crippen LogP contribution in [-0.4, -0.2) is 30.6 Å². The zero-order valence-corrected chi connectivity index (χ0v) is 10.2. The van der Waals surface area contributed by atoms with Gasteiger partial charge in [-0.2, -0.15) is 0 Å². The van der Waals surface area contributed by atoms with E-state index in [1.54, 1.807) is 18.2 Å². The maximum absolute atomic E-state index is 11.6. The van der Waals surface area contributed by atoms with Crippen molar-refractivity contribution in [2.75, 3.05) is 19.7 Å². The minimum Gasteiger partial charge on any atom is -0.396 e. The second-order valence-electron chi connectivity index (χ2n) is 3.31. The molecule has 0 saturated heterocycles. The van der Waals surface area contributed by atoms with E-state index in [4.69, 9.17) is 28.3 Å². The Bertz CT molecular complexity index is 369. The Balaban J connectivity index is 2.50. The number of hydrogen-bond acceptors (Lipinski definition) is 3. The first-order valence-corrected chi connectivity index (χ1v) is 5.70. The first-order valence-electron chi connectivity index (χ1n) is 4.95. The Hall–Kier alpha value is -0.610. The Kier molecular flexibility index (Phi) is 5.77. The maximum Gasteiger partial charge on any atom is 0.176 e. The van der Waals surface area contributed by atoms with Crippen LogP contribution in [0.15, 0.2) is 18.2 Å². The van der Waals surface area contributed by atoms with Gasteiger partial charge in [0.2, 0.25) is 0 Å². The molecule has 0 aliphatic carbocycles. The van der Waals surface area contributed by atoms with E-state index in [0.717, 1.165) is 0 Å². The van der Waals surface area contributed by atoms with Crippen molar-refractivity contribution in [1.29, 1.82) is 0 Å². The van der Waals surface area contributed by atoms with Crippen molar-refractivity contribution in [3.05, 3.63) is 33.8 Å². The Morgan fingerprint density at radius 2 is 2.06 bits per heavy atom. The lowest BCUT2D eigenvalue weighted by Crippen LogP contribution is -2.24. The molecule has 1 aromatic carbocycles. The van der Waals surface area contributed by atoms with Crippen LogP contribution in [0.25, 0.3) is 0 Å². The van der Waals surface area contributed by atoms with Crippen molar-refractivity contribution < 1.29 is 9.90 Å². The first kappa shape index (κ1) is 13.5. The number of carbonyl (C=O) groups is 1. The molecule has 0 bridgehead atoms. The highest BCUT2D eigenvalue weighted by Crippen LogP contribution is 2.22. The Morgan fingerprint density at radius 1 is 1.31 bits per heavy atom. The fourth-order valence-electron chi connectivity index (χ4n) is 1.18. The van der Waals surface area contributed by atoms with Crippen LogP contribution >= 0.6 is 23.2 Å². The minimum absolute atomic E-state index is 0.0449. The number of benzene rings is 1. The summed E-state index contributed by atoms with van der Waals surface area (Å²) in [6.07, 6.45) is 0.634. The molecule has 16 heavy (non-hydrogen) atoms. The number of hydrogen-bond donors (Lipinski definition) is 2. The third kappa shape index (κ3) is 4.10. The predicted molar refractivity (Wildman–Crippen MR) is 65.4 cm³/mol. The average molecular weight is 262 g/mol. The molecule has 0 saturated carbocycles. The normalized spacial score (nSPS) is 10.4. The smallest absolute Gasteiger partial charge is 0.176 e. The summed E-state index contributed by atoms with van der Waals surface area (Å²) in [5.74, 6) is -0.0449. The topological polar surface area (TPSA) is 49.3 Å². The molecule has 0 aromatic heterocycles. The second-order valence-corrected chi connectivity index (χ2v) is 4.12. The van der Waals surface area contributed by atoms with Crippen molar-refractivity contribution in [2.45, 2.75) is 6.42 Å². The standard InChI is InChI=1S/C11H13Cl2NO2/c12-9-3-2-8(6-10(9)13)11(16)7-14-4-1-5-15/h2-3,6,14-15H,1,4-5,7H2. The molecule has 0 fully saturated rings. The van der Waals surface area contributed by atoms with Crippen LogP contribution in [0, 0.1) is 0 Å². The van der Waals surface area contributed by atoms with Gasteiger partial charge < -0.3 is 10.4 Å². The van der Waals surface area contributed by atoms with Crippen LogP contribution < -0.4 is 5.32 Å². The van der Waals surface area contributed by atoms with Crippen molar-refractivity contribution in [1.82, 2.24) is 5.32 Å². The van der Waals surface area contributed by atoms with E-state index in [1.165, 1.54) is 0 Å². The molecule has 0 unspecified atom stereocenters. The number of nitrogens with one attached hydrogen (secondary N) is 1. The average Bonchev–Trinajstić information content (AvgIpc) is 2.28. The summed E-state index contributed by atoms with van der Waals surface area (Å²) in [6, 6.07) is 4.80. The van der Waals surface area contributed by atoms with Crippen LogP contribution in [-0.2, 0) is 0 Å². The predicted octanol–water partition coefficient (Wildman–Crippen LogP) is 2.15. The molecule has 88 valence electrons. The van der Waals surface area contributed by atoms with Gasteiger partial charge in [-0.05, 0) is 31.2 Å². The molecule has 0 atom stereocenters. The molecule has 0 heterocycles. The Morgan fingerprint density at radius 3 is 2.69 bits per heavy atom. The molecule has 0 amide bonds. The van der Waals surface area contributed by atoms with Crippen molar-refractivity contribution in [3.63, 3.8) is 0 Å². The monoisotopic (exact) mass is 261 g/mol. The number of Topliss-reactive ketones (excluding diaryl/α,β-unsaturated/α-hetero) is 1. The molecule has 0 spiro atoms. The van der Waals surface area contributed by atoms with Gasteiger partial charge in [-0.15, -0.1) is 0 Å². The number of ketones is 1. The van der Waals surface area contributed by atoms with Crippen LogP contribution in [0.4, 0.5) is 0 Å². The number of carbonyl (C=O) groups excluding carboxylic acids is 1. The molecular formula is C11H13Cl2NO2. The van der Waals surface area contributed by atoms with Crippen LogP contribution in [0.1, 0.15) is 16.8 Å². The fourth-order valence-corrected chi connectivity index (χ4v) is 1.48. The highest BCUT2D eigenvalue weighted by molar-refractivity contribution is 6.42. The minimum atomic E-state index is -0.0449. The van der Waals surface area contributed by atoms with Gasteiger partial charge >= 0.3 is 0 Å². The zero-order valence-electron chi connectivity index (χ0n) is 8.67. The molecular weight excluding hydrogens is 249 g/mol. The summed E-state index contributed by atoms with van der Waals surface area (Å²) >= 11 is 11.5. The fraction of sp³-hybridized carbons (Fsp3) is 0.364. The molecule has 5 heteroatoms. The van der Waals surface area contributed by atoms with E-state index in [2.05, 4.69) is 5.32 Å². The Labute approximate surface area is 104 Å². The largest absolute Gasteiger partial charge is 0.396 e. The maximum atomic E-state index is 11.6. The molecule has 0 aliphatic rings. The highest BCUT2D eigenvalue weighted by Gasteiger charge is 2.07. The summed E-state index contributed by atoms with van der Waals surface area (Å²) in [7, 11) is 0. The lowest BCUT2D eigenvalue weighted by atomic mass is 10.1. The number of aliphatic hydroxyl groups is 1. The summed E-state index contributed by atoms with van der Waals surface area (Å²) in [6.45, 7) is 0.968. The van der Waals surface area contributed by atoms with E-state index < -0.39 is 0 Å². The van der Waals surface area contributed by atoms with E-state index in [9.17, 15) is 4.79 Å². The second kappa shape index (κ2) is 6.86.